The SMILES string of the molecule is O=c1cc(O)nc2n1CCCC2. The third-order valence-electron chi connectivity index (χ3n) is 2.11. The number of fused-ring (bicyclic) bond motifs is 1. The smallest absolute Gasteiger partial charge is 0.257 e. The molecule has 1 aliphatic heterocycles. The van der Waals surface area contributed by atoms with E-state index in [0.29, 0.717) is 5.82 Å². The van der Waals surface area contributed by atoms with Gasteiger partial charge in [0, 0.05) is 13.0 Å². The first-order valence-electron chi connectivity index (χ1n) is 4.07. The maximum Gasteiger partial charge on any atom is 0.257 e. The van der Waals surface area contributed by atoms with Crippen LogP contribution >= 0.6 is 0 Å². The molecule has 2 heterocycles. The lowest BCUT2D eigenvalue weighted by atomic mass is 10.1. The van der Waals surface area contributed by atoms with Gasteiger partial charge in [-0.1, -0.05) is 0 Å². The minimum Gasteiger partial charge on any atom is -0.493 e. The first-order chi connectivity index (χ1) is 5.77. The van der Waals surface area contributed by atoms with E-state index in [2.05, 4.69) is 4.98 Å². The number of aryl methyl sites for hydroxylation is 1. The van der Waals surface area contributed by atoms with Crippen molar-refractivity contribution in [2.45, 2.75) is 25.8 Å². The Bertz CT molecular complexity index is 357. The molecule has 0 fully saturated rings. The van der Waals surface area contributed by atoms with Crippen LogP contribution < -0.4 is 5.56 Å². The van der Waals surface area contributed by atoms with Crippen LogP contribution in [-0.2, 0) is 13.0 Å². The first-order valence-corrected chi connectivity index (χ1v) is 4.07. The van der Waals surface area contributed by atoms with Crippen LogP contribution in [0.1, 0.15) is 18.7 Å². The molecule has 1 aromatic rings. The molecule has 2 rings (SSSR count). The Balaban J connectivity index is 2.60. The van der Waals surface area contributed by atoms with Crippen LogP contribution in [0.5, 0.6) is 5.88 Å². The third kappa shape index (κ3) is 1.09. The fourth-order valence-corrected chi connectivity index (χ4v) is 1.52. The van der Waals surface area contributed by atoms with E-state index in [1.807, 2.05) is 0 Å². The van der Waals surface area contributed by atoms with Crippen LogP contribution in [0.3, 0.4) is 0 Å². The maximum atomic E-state index is 11.2. The monoisotopic (exact) mass is 166 g/mol. The van der Waals surface area contributed by atoms with Crippen LogP contribution in [0.2, 0.25) is 0 Å². The van der Waals surface area contributed by atoms with E-state index in [1.54, 1.807) is 4.57 Å². The Labute approximate surface area is 69.5 Å². The van der Waals surface area contributed by atoms with E-state index in [4.69, 9.17) is 5.11 Å². The van der Waals surface area contributed by atoms with E-state index in [9.17, 15) is 4.79 Å². The Morgan fingerprint density at radius 1 is 1.50 bits per heavy atom. The average Bonchev–Trinajstić information content (AvgIpc) is 2.04. The second kappa shape index (κ2) is 2.62. The molecule has 0 aromatic carbocycles. The van der Waals surface area contributed by atoms with E-state index < -0.39 is 0 Å². The molecule has 0 spiro atoms. The summed E-state index contributed by atoms with van der Waals surface area (Å²) in [6.07, 6.45) is 2.87. The molecule has 1 aromatic heterocycles. The molecular formula is C8H10N2O2. The number of aromatic nitrogens is 2. The highest BCUT2D eigenvalue weighted by atomic mass is 16.3. The van der Waals surface area contributed by atoms with Gasteiger partial charge in [0.05, 0.1) is 6.07 Å². The van der Waals surface area contributed by atoms with Crippen molar-refractivity contribution in [1.82, 2.24) is 9.55 Å². The van der Waals surface area contributed by atoms with Crippen LogP contribution in [0.25, 0.3) is 0 Å². The maximum absolute atomic E-state index is 11.2. The summed E-state index contributed by atoms with van der Waals surface area (Å²) in [5.74, 6) is 0.555. The highest BCUT2D eigenvalue weighted by Crippen LogP contribution is 2.11. The highest BCUT2D eigenvalue weighted by Gasteiger charge is 2.11. The number of hydrogen-bond acceptors (Lipinski definition) is 3. The van der Waals surface area contributed by atoms with Crippen molar-refractivity contribution >= 4 is 0 Å². The second-order valence-corrected chi connectivity index (χ2v) is 2.98. The topological polar surface area (TPSA) is 55.1 Å². The molecule has 0 saturated heterocycles. The van der Waals surface area contributed by atoms with Crippen molar-refractivity contribution in [1.29, 1.82) is 0 Å². The molecule has 64 valence electrons. The van der Waals surface area contributed by atoms with Crippen molar-refractivity contribution < 1.29 is 5.11 Å². The molecule has 0 aliphatic carbocycles. The van der Waals surface area contributed by atoms with E-state index in [-0.39, 0.29) is 11.4 Å². The van der Waals surface area contributed by atoms with E-state index in [0.717, 1.165) is 31.9 Å². The summed E-state index contributed by atoms with van der Waals surface area (Å²) < 4.78 is 1.63. The average molecular weight is 166 g/mol. The summed E-state index contributed by atoms with van der Waals surface area (Å²) in [6, 6.07) is 1.16. The normalized spacial score (nSPS) is 15.7. The zero-order chi connectivity index (χ0) is 8.55. The second-order valence-electron chi connectivity index (χ2n) is 2.98. The molecule has 0 radical (unpaired) electrons. The Kier molecular flexibility index (Phi) is 1.60. The summed E-state index contributed by atoms with van der Waals surface area (Å²) in [7, 11) is 0. The fraction of sp³-hybridized carbons (Fsp3) is 0.500. The van der Waals surface area contributed by atoms with Gasteiger partial charge in [0.15, 0.2) is 0 Å². The molecule has 4 nitrogen and oxygen atoms in total. The number of aromatic hydroxyl groups is 1. The lowest BCUT2D eigenvalue weighted by Gasteiger charge is -2.16. The molecular weight excluding hydrogens is 156 g/mol. The lowest BCUT2D eigenvalue weighted by Crippen LogP contribution is -2.27. The number of hydrogen-bond donors (Lipinski definition) is 1. The van der Waals surface area contributed by atoms with Crippen LogP contribution in [0.4, 0.5) is 0 Å². The standard InChI is InChI=1S/C8H10N2O2/c11-7-5-8(12)10-4-2-1-3-6(10)9-7/h5,11H,1-4H2. The zero-order valence-corrected chi connectivity index (χ0v) is 6.66. The van der Waals surface area contributed by atoms with Crippen molar-refractivity contribution in [3.05, 3.63) is 22.2 Å². The first kappa shape index (κ1) is 7.34. The third-order valence-corrected chi connectivity index (χ3v) is 2.11. The van der Waals surface area contributed by atoms with Gasteiger partial charge in [0.2, 0.25) is 5.88 Å². The van der Waals surface area contributed by atoms with Crippen LogP contribution in [0.15, 0.2) is 10.9 Å². The van der Waals surface area contributed by atoms with Crippen molar-refractivity contribution in [2.75, 3.05) is 0 Å². The Hall–Kier alpha value is -1.32. The summed E-state index contributed by atoms with van der Waals surface area (Å²) >= 11 is 0. The summed E-state index contributed by atoms with van der Waals surface area (Å²) in [5, 5.41) is 9.04. The predicted molar refractivity (Wildman–Crippen MR) is 43.1 cm³/mol. The largest absolute Gasteiger partial charge is 0.493 e. The summed E-state index contributed by atoms with van der Waals surface area (Å²) in [5.41, 5.74) is -0.141. The van der Waals surface area contributed by atoms with Crippen LogP contribution in [0, 0.1) is 0 Å². The van der Waals surface area contributed by atoms with Gasteiger partial charge in [-0.05, 0) is 12.8 Å². The van der Waals surface area contributed by atoms with Gasteiger partial charge >= 0.3 is 0 Å². The lowest BCUT2D eigenvalue weighted by molar-refractivity contribution is 0.424. The highest BCUT2D eigenvalue weighted by molar-refractivity contribution is 5.09. The molecule has 1 aliphatic rings. The Morgan fingerprint density at radius 2 is 2.33 bits per heavy atom. The van der Waals surface area contributed by atoms with E-state index >= 15 is 0 Å². The quantitative estimate of drug-likeness (QED) is 0.602. The van der Waals surface area contributed by atoms with Gasteiger partial charge in [-0.15, -0.1) is 0 Å². The fourth-order valence-electron chi connectivity index (χ4n) is 1.52. The van der Waals surface area contributed by atoms with Gasteiger partial charge in [0.1, 0.15) is 5.82 Å². The molecule has 0 bridgehead atoms. The van der Waals surface area contributed by atoms with Crippen LogP contribution in [-0.4, -0.2) is 14.7 Å². The van der Waals surface area contributed by atoms with Gasteiger partial charge in [-0.2, -0.15) is 0 Å². The molecule has 1 N–H and O–H groups in total. The van der Waals surface area contributed by atoms with Crippen molar-refractivity contribution in [2.24, 2.45) is 0 Å². The minimum atomic E-state index is -0.159. The molecule has 0 atom stereocenters. The molecule has 0 saturated carbocycles. The zero-order valence-electron chi connectivity index (χ0n) is 6.66. The number of rotatable bonds is 0. The molecule has 4 heteroatoms. The number of nitrogens with zero attached hydrogens (tertiary/aromatic N) is 2. The predicted octanol–water partition coefficient (Wildman–Crippen LogP) is 0.285. The van der Waals surface area contributed by atoms with Gasteiger partial charge in [0.25, 0.3) is 5.56 Å². The van der Waals surface area contributed by atoms with Crippen molar-refractivity contribution in [3.63, 3.8) is 0 Å². The Morgan fingerprint density at radius 3 is 3.17 bits per heavy atom. The molecule has 0 unspecified atom stereocenters. The van der Waals surface area contributed by atoms with Gasteiger partial charge in [-0.3, -0.25) is 9.36 Å². The van der Waals surface area contributed by atoms with E-state index in [1.165, 1.54) is 0 Å². The minimum absolute atomic E-state index is 0.141. The molecule has 0 amide bonds. The summed E-state index contributed by atoms with van der Waals surface area (Å²) in [6.45, 7) is 0.738. The van der Waals surface area contributed by atoms with Gasteiger partial charge < -0.3 is 5.11 Å². The van der Waals surface area contributed by atoms with Gasteiger partial charge in [-0.25, -0.2) is 4.98 Å². The molecule has 12 heavy (non-hydrogen) atoms. The summed E-state index contributed by atoms with van der Waals surface area (Å²) in [4.78, 5) is 15.1. The van der Waals surface area contributed by atoms with Crippen molar-refractivity contribution in [3.8, 4) is 5.88 Å².